The Kier molecular flexibility index (Phi) is 6.32. The second-order valence-corrected chi connectivity index (χ2v) is 4.81. The van der Waals surface area contributed by atoms with Gasteiger partial charge >= 0.3 is 0 Å². The van der Waals surface area contributed by atoms with E-state index in [0.717, 1.165) is 23.7 Å². The summed E-state index contributed by atoms with van der Waals surface area (Å²) in [6, 6.07) is 7.22. The van der Waals surface area contributed by atoms with E-state index in [1.165, 1.54) is 0 Å². The van der Waals surface area contributed by atoms with Crippen LogP contribution in [0.4, 0.5) is 0 Å². The smallest absolute Gasteiger partial charge is 0.170 e. The number of benzene rings is 1. The Balaban J connectivity index is 2.43. The summed E-state index contributed by atoms with van der Waals surface area (Å²) in [5, 5.41) is 11.5. The van der Waals surface area contributed by atoms with Crippen LogP contribution in [0.3, 0.4) is 0 Å². The fourth-order valence-electron chi connectivity index (χ4n) is 1.30. The summed E-state index contributed by atoms with van der Waals surface area (Å²) >= 11 is 1.90. The van der Waals surface area contributed by atoms with Gasteiger partial charge in [0, 0.05) is 5.56 Å². The molecule has 0 heterocycles. The maximum atomic E-state index is 8.57. The van der Waals surface area contributed by atoms with Gasteiger partial charge in [-0.1, -0.05) is 24.2 Å². The van der Waals surface area contributed by atoms with Gasteiger partial charge in [0.2, 0.25) is 0 Å². The van der Waals surface area contributed by atoms with E-state index in [1.807, 2.05) is 23.9 Å². The molecule has 0 amide bonds. The molecule has 94 valence electrons. The summed E-state index contributed by atoms with van der Waals surface area (Å²) in [5.74, 6) is 3.09. The summed E-state index contributed by atoms with van der Waals surface area (Å²) in [5.41, 5.74) is 6.16. The van der Waals surface area contributed by atoms with Crippen molar-refractivity contribution in [2.24, 2.45) is 10.9 Å². The molecule has 0 spiro atoms. The van der Waals surface area contributed by atoms with Gasteiger partial charge in [0.1, 0.15) is 5.75 Å². The first-order valence-corrected chi connectivity index (χ1v) is 6.72. The van der Waals surface area contributed by atoms with Gasteiger partial charge in [0.25, 0.3) is 0 Å². The summed E-state index contributed by atoms with van der Waals surface area (Å²) in [6.45, 7) is 2.83. The highest BCUT2D eigenvalue weighted by atomic mass is 32.2. The van der Waals surface area contributed by atoms with E-state index in [0.29, 0.717) is 12.2 Å². The zero-order chi connectivity index (χ0) is 12.5. The first-order chi connectivity index (χ1) is 8.27. The van der Waals surface area contributed by atoms with Gasteiger partial charge in [-0.25, -0.2) is 0 Å². The number of amidine groups is 1. The Labute approximate surface area is 106 Å². The van der Waals surface area contributed by atoms with E-state index in [4.69, 9.17) is 15.7 Å². The van der Waals surface area contributed by atoms with E-state index in [2.05, 4.69) is 12.1 Å². The lowest BCUT2D eigenvalue weighted by molar-refractivity contribution is 0.317. The van der Waals surface area contributed by atoms with Crippen molar-refractivity contribution in [3.05, 3.63) is 29.8 Å². The standard InChI is InChI=1S/C12H18N2O2S/c1-2-17-8-4-7-16-11-6-3-5-10(9-11)12(13)14-15/h3,5-6,9,15H,2,4,7-8H2,1H3,(H2,13,14). The number of hydrogen-bond donors (Lipinski definition) is 2. The fraction of sp³-hybridized carbons (Fsp3) is 0.417. The second-order valence-electron chi connectivity index (χ2n) is 3.41. The summed E-state index contributed by atoms with van der Waals surface area (Å²) in [7, 11) is 0. The van der Waals surface area contributed by atoms with Crippen LogP contribution in [0, 0.1) is 0 Å². The van der Waals surface area contributed by atoms with Gasteiger partial charge < -0.3 is 15.7 Å². The van der Waals surface area contributed by atoms with Crippen molar-refractivity contribution in [2.45, 2.75) is 13.3 Å². The van der Waals surface area contributed by atoms with Crippen LogP contribution in [-0.2, 0) is 0 Å². The molecule has 1 rings (SSSR count). The number of thioether (sulfide) groups is 1. The zero-order valence-corrected chi connectivity index (χ0v) is 10.7. The lowest BCUT2D eigenvalue weighted by atomic mass is 10.2. The highest BCUT2D eigenvalue weighted by Crippen LogP contribution is 2.13. The molecule has 17 heavy (non-hydrogen) atoms. The van der Waals surface area contributed by atoms with Gasteiger partial charge in [-0.3, -0.25) is 0 Å². The molecule has 3 N–H and O–H groups in total. The van der Waals surface area contributed by atoms with Crippen molar-refractivity contribution < 1.29 is 9.94 Å². The minimum absolute atomic E-state index is 0.0944. The Bertz CT molecular complexity index is 369. The minimum atomic E-state index is 0.0944. The molecule has 1 aromatic rings. The SMILES string of the molecule is CCSCCCOc1cccc(/C(N)=N/O)c1. The molecule has 0 atom stereocenters. The first-order valence-electron chi connectivity index (χ1n) is 5.56. The third-order valence-electron chi connectivity index (χ3n) is 2.14. The third-order valence-corrected chi connectivity index (χ3v) is 3.13. The van der Waals surface area contributed by atoms with Crippen molar-refractivity contribution in [1.29, 1.82) is 0 Å². The molecule has 0 unspecified atom stereocenters. The van der Waals surface area contributed by atoms with E-state index in [9.17, 15) is 0 Å². The van der Waals surface area contributed by atoms with Crippen molar-refractivity contribution in [3.63, 3.8) is 0 Å². The predicted octanol–water partition coefficient (Wildman–Crippen LogP) is 2.30. The number of oxime groups is 1. The average Bonchev–Trinajstić information content (AvgIpc) is 2.38. The van der Waals surface area contributed by atoms with Gasteiger partial charge in [0.15, 0.2) is 5.84 Å². The fourth-order valence-corrected chi connectivity index (χ4v) is 1.91. The molecule has 4 nitrogen and oxygen atoms in total. The van der Waals surface area contributed by atoms with E-state index >= 15 is 0 Å². The molecule has 0 fully saturated rings. The van der Waals surface area contributed by atoms with Crippen LogP contribution < -0.4 is 10.5 Å². The van der Waals surface area contributed by atoms with Crippen LogP contribution in [0.2, 0.25) is 0 Å². The van der Waals surface area contributed by atoms with Crippen molar-refractivity contribution in [1.82, 2.24) is 0 Å². The van der Waals surface area contributed by atoms with Gasteiger partial charge in [-0.15, -0.1) is 0 Å². The molecule has 0 aromatic heterocycles. The van der Waals surface area contributed by atoms with Gasteiger partial charge in [-0.2, -0.15) is 11.8 Å². The Morgan fingerprint density at radius 2 is 2.35 bits per heavy atom. The molecular formula is C12H18N2O2S. The number of hydrogen-bond acceptors (Lipinski definition) is 4. The van der Waals surface area contributed by atoms with Crippen LogP contribution >= 0.6 is 11.8 Å². The van der Waals surface area contributed by atoms with Crippen LogP contribution in [0.5, 0.6) is 5.75 Å². The average molecular weight is 254 g/mol. The maximum absolute atomic E-state index is 8.57. The van der Waals surface area contributed by atoms with E-state index in [1.54, 1.807) is 12.1 Å². The number of nitrogens with two attached hydrogens (primary N) is 1. The molecule has 5 heteroatoms. The topological polar surface area (TPSA) is 67.8 Å². The number of ether oxygens (including phenoxy) is 1. The van der Waals surface area contributed by atoms with Crippen molar-refractivity contribution in [3.8, 4) is 5.75 Å². The second kappa shape index (κ2) is 7.84. The monoisotopic (exact) mass is 254 g/mol. The zero-order valence-electron chi connectivity index (χ0n) is 9.93. The lowest BCUT2D eigenvalue weighted by Gasteiger charge is -2.07. The van der Waals surface area contributed by atoms with Crippen LogP contribution in [-0.4, -0.2) is 29.2 Å². The Hall–Kier alpha value is -1.36. The maximum Gasteiger partial charge on any atom is 0.170 e. The van der Waals surface area contributed by atoms with E-state index in [-0.39, 0.29) is 5.84 Å². The molecule has 0 radical (unpaired) electrons. The van der Waals surface area contributed by atoms with Gasteiger partial charge in [0.05, 0.1) is 6.61 Å². The predicted molar refractivity (Wildman–Crippen MR) is 72.1 cm³/mol. The third kappa shape index (κ3) is 4.99. The molecule has 0 bridgehead atoms. The highest BCUT2D eigenvalue weighted by molar-refractivity contribution is 7.99. The molecule has 1 aromatic carbocycles. The van der Waals surface area contributed by atoms with Crippen LogP contribution in [0.1, 0.15) is 18.9 Å². The Morgan fingerprint density at radius 1 is 1.53 bits per heavy atom. The molecule has 0 aliphatic rings. The molecular weight excluding hydrogens is 236 g/mol. The Morgan fingerprint density at radius 3 is 3.06 bits per heavy atom. The summed E-state index contributed by atoms with van der Waals surface area (Å²) in [6.07, 6.45) is 1.02. The molecule has 0 saturated heterocycles. The van der Waals surface area contributed by atoms with Crippen molar-refractivity contribution >= 4 is 17.6 Å². The lowest BCUT2D eigenvalue weighted by Crippen LogP contribution is -2.13. The minimum Gasteiger partial charge on any atom is -0.494 e. The van der Waals surface area contributed by atoms with Crippen LogP contribution in [0.15, 0.2) is 29.4 Å². The van der Waals surface area contributed by atoms with Crippen LogP contribution in [0.25, 0.3) is 0 Å². The molecule has 0 aliphatic carbocycles. The molecule has 0 saturated carbocycles. The number of nitrogens with zero attached hydrogens (tertiary/aromatic N) is 1. The number of rotatable bonds is 7. The normalized spacial score (nSPS) is 11.5. The summed E-state index contributed by atoms with van der Waals surface area (Å²) in [4.78, 5) is 0. The van der Waals surface area contributed by atoms with Crippen molar-refractivity contribution in [2.75, 3.05) is 18.1 Å². The quantitative estimate of drug-likeness (QED) is 0.257. The highest BCUT2D eigenvalue weighted by Gasteiger charge is 2.01. The van der Waals surface area contributed by atoms with Gasteiger partial charge in [-0.05, 0) is 30.1 Å². The largest absolute Gasteiger partial charge is 0.494 e. The summed E-state index contributed by atoms with van der Waals surface area (Å²) < 4.78 is 5.58. The first kappa shape index (κ1) is 13.7. The molecule has 0 aliphatic heterocycles. The van der Waals surface area contributed by atoms with E-state index < -0.39 is 0 Å².